The Bertz CT molecular complexity index is 875. The van der Waals surface area contributed by atoms with E-state index in [0.717, 1.165) is 11.2 Å². The van der Waals surface area contributed by atoms with Gasteiger partial charge in [0.25, 0.3) is 5.91 Å². The highest BCUT2D eigenvalue weighted by Crippen LogP contribution is 2.24. The lowest BCUT2D eigenvalue weighted by atomic mass is 10.1. The van der Waals surface area contributed by atoms with Gasteiger partial charge < -0.3 is 14.0 Å². The Morgan fingerprint density at radius 3 is 2.88 bits per heavy atom. The largest absolute Gasteiger partial charge is 0.370 e. The van der Waals surface area contributed by atoms with Crippen molar-refractivity contribution in [2.75, 3.05) is 19.7 Å². The molecule has 1 fully saturated rings. The number of amides is 1. The number of ether oxygens (including phenoxy) is 1. The van der Waals surface area contributed by atoms with Gasteiger partial charge in [0.2, 0.25) is 0 Å². The Morgan fingerprint density at radius 2 is 2.04 bits per heavy atom. The normalized spacial score (nSPS) is 18.0. The van der Waals surface area contributed by atoms with Gasteiger partial charge in [0.05, 0.1) is 18.7 Å². The molecular weight excluding hydrogens is 326 g/mol. The Labute approximate surface area is 144 Å². The third-order valence-electron chi connectivity index (χ3n) is 4.23. The van der Waals surface area contributed by atoms with Crippen LogP contribution >= 0.6 is 11.6 Å². The van der Waals surface area contributed by atoms with Gasteiger partial charge >= 0.3 is 0 Å². The molecule has 0 saturated carbocycles. The van der Waals surface area contributed by atoms with E-state index < -0.39 is 0 Å². The maximum atomic E-state index is 12.8. The van der Waals surface area contributed by atoms with Gasteiger partial charge in [-0.3, -0.25) is 4.79 Å². The molecule has 0 unspecified atom stereocenters. The zero-order valence-electron chi connectivity index (χ0n) is 12.9. The van der Waals surface area contributed by atoms with E-state index in [2.05, 4.69) is 4.98 Å². The van der Waals surface area contributed by atoms with E-state index >= 15 is 0 Å². The van der Waals surface area contributed by atoms with Gasteiger partial charge in [-0.2, -0.15) is 0 Å². The third kappa shape index (κ3) is 2.88. The highest BCUT2D eigenvalue weighted by atomic mass is 35.5. The van der Waals surface area contributed by atoms with Crippen LogP contribution in [0, 0.1) is 0 Å². The summed E-state index contributed by atoms with van der Waals surface area (Å²) in [5.74, 6) is 0.00728. The second-order valence-corrected chi connectivity index (χ2v) is 6.21. The molecule has 1 aliphatic rings. The lowest BCUT2D eigenvalue weighted by molar-refractivity contribution is -0.0228. The lowest BCUT2D eigenvalue weighted by Gasteiger charge is -2.33. The van der Waals surface area contributed by atoms with Crippen molar-refractivity contribution in [3.63, 3.8) is 0 Å². The van der Waals surface area contributed by atoms with Crippen LogP contribution < -0.4 is 0 Å². The summed E-state index contributed by atoms with van der Waals surface area (Å²) >= 11 is 5.94. The first-order valence-corrected chi connectivity index (χ1v) is 8.17. The molecule has 1 amide bonds. The van der Waals surface area contributed by atoms with Crippen LogP contribution in [0.5, 0.6) is 0 Å². The predicted molar refractivity (Wildman–Crippen MR) is 91.2 cm³/mol. The molecule has 2 aromatic heterocycles. The third-order valence-corrected chi connectivity index (χ3v) is 4.48. The number of pyridine rings is 1. The molecule has 6 heteroatoms. The van der Waals surface area contributed by atoms with Gasteiger partial charge in [0, 0.05) is 30.2 Å². The van der Waals surface area contributed by atoms with Crippen molar-refractivity contribution in [2.45, 2.75) is 6.10 Å². The molecule has 0 N–H and O–H groups in total. The van der Waals surface area contributed by atoms with Crippen LogP contribution in [0.25, 0.3) is 5.65 Å². The van der Waals surface area contributed by atoms with Crippen LogP contribution in [0.1, 0.15) is 22.0 Å². The van der Waals surface area contributed by atoms with Gasteiger partial charge in [0.15, 0.2) is 0 Å². The summed E-state index contributed by atoms with van der Waals surface area (Å²) in [7, 11) is 0. The zero-order valence-corrected chi connectivity index (χ0v) is 13.7. The molecule has 3 aromatic rings. The van der Waals surface area contributed by atoms with E-state index in [1.807, 2.05) is 58.1 Å². The number of carbonyl (C=O) groups excluding carboxylic acids is 1. The SMILES string of the molecule is O=C(c1ccc2nccn2c1)N1CCO[C@@H](c2ccc(Cl)cc2)C1. The Balaban J connectivity index is 1.54. The number of imidazole rings is 1. The van der Waals surface area contributed by atoms with E-state index in [9.17, 15) is 4.79 Å². The van der Waals surface area contributed by atoms with Gasteiger partial charge in [-0.05, 0) is 29.8 Å². The van der Waals surface area contributed by atoms with Gasteiger partial charge in [-0.1, -0.05) is 23.7 Å². The first-order chi connectivity index (χ1) is 11.7. The highest BCUT2D eigenvalue weighted by Gasteiger charge is 2.26. The summed E-state index contributed by atoms with van der Waals surface area (Å²) < 4.78 is 7.68. The number of morpholine rings is 1. The van der Waals surface area contributed by atoms with E-state index in [1.54, 1.807) is 6.20 Å². The van der Waals surface area contributed by atoms with Crippen LogP contribution in [-0.2, 0) is 4.74 Å². The Hall–Kier alpha value is -2.37. The highest BCUT2D eigenvalue weighted by molar-refractivity contribution is 6.30. The number of carbonyl (C=O) groups is 1. The van der Waals surface area contributed by atoms with Crippen molar-refractivity contribution < 1.29 is 9.53 Å². The number of benzene rings is 1. The van der Waals surface area contributed by atoms with Crippen molar-refractivity contribution >= 4 is 23.2 Å². The van der Waals surface area contributed by atoms with Crippen molar-refractivity contribution in [3.05, 3.63) is 71.1 Å². The maximum absolute atomic E-state index is 12.8. The summed E-state index contributed by atoms with van der Waals surface area (Å²) in [6, 6.07) is 11.2. The number of fused-ring (bicyclic) bond motifs is 1. The van der Waals surface area contributed by atoms with E-state index in [4.69, 9.17) is 16.3 Å². The van der Waals surface area contributed by atoms with E-state index in [0.29, 0.717) is 30.3 Å². The molecule has 0 aliphatic carbocycles. The molecule has 1 aromatic carbocycles. The fourth-order valence-corrected chi connectivity index (χ4v) is 3.07. The average Bonchev–Trinajstić information content (AvgIpc) is 3.09. The molecule has 1 atom stereocenters. The second kappa shape index (κ2) is 6.26. The molecule has 24 heavy (non-hydrogen) atoms. The molecule has 0 spiro atoms. The molecule has 4 rings (SSSR count). The second-order valence-electron chi connectivity index (χ2n) is 5.77. The maximum Gasteiger partial charge on any atom is 0.255 e. The first kappa shape index (κ1) is 15.2. The smallest absolute Gasteiger partial charge is 0.255 e. The number of rotatable bonds is 2. The van der Waals surface area contributed by atoms with Gasteiger partial charge in [0.1, 0.15) is 11.8 Å². The molecular formula is C18H16ClN3O2. The number of aromatic nitrogens is 2. The first-order valence-electron chi connectivity index (χ1n) is 7.80. The standard InChI is InChI=1S/C18H16ClN3O2/c19-15-4-1-13(2-5-15)16-12-22(9-10-24-16)18(23)14-3-6-17-20-7-8-21(17)11-14/h1-8,11,16H,9-10,12H2/t16-/m1/s1. The number of hydrogen-bond donors (Lipinski definition) is 0. The predicted octanol–water partition coefficient (Wildman–Crippen LogP) is 3.20. The fourth-order valence-electron chi connectivity index (χ4n) is 2.94. The van der Waals surface area contributed by atoms with Crippen LogP contribution in [0.3, 0.4) is 0 Å². The summed E-state index contributed by atoms with van der Waals surface area (Å²) in [4.78, 5) is 18.8. The summed E-state index contributed by atoms with van der Waals surface area (Å²) in [6.45, 7) is 1.64. The summed E-state index contributed by atoms with van der Waals surface area (Å²) in [5, 5.41) is 0.691. The van der Waals surface area contributed by atoms with Crippen LogP contribution in [0.4, 0.5) is 0 Å². The van der Waals surface area contributed by atoms with E-state index in [-0.39, 0.29) is 12.0 Å². The van der Waals surface area contributed by atoms with Crippen LogP contribution in [-0.4, -0.2) is 39.9 Å². The Kier molecular flexibility index (Phi) is 3.96. The summed E-state index contributed by atoms with van der Waals surface area (Å²) in [5.41, 5.74) is 2.51. The number of halogens is 1. The lowest BCUT2D eigenvalue weighted by Crippen LogP contribution is -2.42. The number of hydrogen-bond acceptors (Lipinski definition) is 3. The van der Waals surface area contributed by atoms with Crippen molar-refractivity contribution in [2.24, 2.45) is 0 Å². The molecule has 1 aliphatic heterocycles. The topological polar surface area (TPSA) is 46.8 Å². The minimum Gasteiger partial charge on any atom is -0.370 e. The molecule has 122 valence electrons. The monoisotopic (exact) mass is 341 g/mol. The van der Waals surface area contributed by atoms with Crippen molar-refractivity contribution in [3.8, 4) is 0 Å². The molecule has 0 bridgehead atoms. The quantitative estimate of drug-likeness (QED) is 0.719. The minimum absolute atomic E-state index is 0.00728. The van der Waals surface area contributed by atoms with Crippen LogP contribution in [0.2, 0.25) is 5.02 Å². The molecule has 5 nitrogen and oxygen atoms in total. The van der Waals surface area contributed by atoms with Gasteiger partial charge in [-0.15, -0.1) is 0 Å². The Morgan fingerprint density at radius 1 is 1.21 bits per heavy atom. The van der Waals surface area contributed by atoms with Gasteiger partial charge in [-0.25, -0.2) is 4.98 Å². The fraction of sp³-hybridized carbons (Fsp3) is 0.222. The van der Waals surface area contributed by atoms with E-state index in [1.165, 1.54) is 0 Å². The minimum atomic E-state index is -0.128. The number of nitrogens with zero attached hydrogens (tertiary/aromatic N) is 3. The average molecular weight is 342 g/mol. The molecule has 0 radical (unpaired) electrons. The molecule has 1 saturated heterocycles. The molecule has 3 heterocycles. The zero-order chi connectivity index (χ0) is 16.5. The van der Waals surface area contributed by atoms with Crippen molar-refractivity contribution in [1.29, 1.82) is 0 Å². The van der Waals surface area contributed by atoms with Crippen molar-refractivity contribution in [1.82, 2.24) is 14.3 Å². The summed E-state index contributed by atoms with van der Waals surface area (Å²) in [6.07, 6.45) is 5.24. The van der Waals surface area contributed by atoms with Crippen LogP contribution in [0.15, 0.2) is 55.0 Å².